The molecule has 1 amide bonds. The van der Waals surface area contributed by atoms with Gasteiger partial charge < -0.3 is 10.4 Å². The number of carboxylic acids is 1. The van der Waals surface area contributed by atoms with Crippen LogP contribution < -0.4 is 5.32 Å². The molecule has 0 spiro atoms. The van der Waals surface area contributed by atoms with E-state index in [1.165, 1.54) is 0 Å². The van der Waals surface area contributed by atoms with E-state index < -0.39 is 47.5 Å². The second kappa shape index (κ2) is 6.71. The zero-order chi connectivity index (χ0) is 17.8. The maximum atomic E-state index is 12.8. The van der Waals surface area contributed by atoms with Gasteiger partial charge in [0, 0.05) is 6.08 Å². The molecule has 0 radical (unpaired) electrons. The first-order valence-electron chi connectivity index (χ1n) is 5.87. The Morgan fingerprint density at radius 2 is 1.70 bits per heavy atom. The molecule has 0 aliphatic rings. The third-order valence-corrected chi connectivity index (χ3v) is 2.51. The standard InChI is InChI=1S/C13H9F6NO3/c14-12(15,16)8-3-1-7(9(5-8)13(17,18)19)2-4-10(21)20-6-11(22)23/h1-5H,6H2,(H,20,21)(H,22,23)/b4-2-. The van der Waals surface area contributed by atoms with Crippen molar-refractivity contribution in [2.75, 3.05) is 6.54 Å². The van der Waals surface area contributed by atoms with Crippen LogP contribution in [0.3, 0.4) is 0 Å². The molecule has 0 bridgehead atoms. The van der Waals surface area contributed by atoms with Gasteiger partial charge in [0.25, 0.3) is 0 Å². The zero-order valence-corrected chi connectivity index (χ0v) is 11.1. The predicted octanol–water partition coefficient (Wildman–Crippen LogP) is 2.94. The Kier molecular flexibility index (Phi) is 5.41. The molecule has 10 heteroatoms. The van der Waals surface area contributed by atoms with Gasteiger partial charge in [-0.05, 0) is 23.8 Å². The van der Waals surface area contributed by atoms with Gasteiger partial charge in [-0.15, -0.1) is 0 Å². The lowest BCUT2D eigenvalue weighted by Gasteiger charge is -2.14. The first kappa shape index (κ1) is 18.5. The maximum absolute atomic E-state index is 12.8. The van der Waals surface area contributed by atoms with Crippen LogP contribution in [0.1, 0.15) is 16.7 Å². The van der Waals surface area contributed by atoms with Crippen molar-refractivity contribution in [1.82, 2.24) is 5.32 Å². The van der Waals surface area contributed by atoms with Gasteiger partial charge in [0.1, 0.15) is 6.54 Å². The number of hydrogen-bond donors (Lipinski definition) is 2. The smallest absolute Gasteiger partial charge is 0.417 e. The molecule has 1 aromatic carbocycles. The predicted molar refractivity (Wildman–Crippen MR) is 66.1 cm³/mol. The Hall–Kier alpha value is -2.52. The monoisotopic (exact) mass is 341 g/mol. The minimum absolute atomic E-state index is 0.0607. The van der Waals surface area contributed by atoms with Gasteiger partial charge in [0.05, 0.1) is 11.1 Å². The Morgan fingerprint density at radius 1 is 1.09 bits per heavy atom. The maximum Gasteiger partial charge on any atom is 0.417 e. The van der Waals surface area contributed by atoms with Crippen molar-refractivity contribution in [2.45, 2.75) is 12.4 Å². The molecule has 2 N–H and O–H groups in total. The van der Waals surface area contributed by atoms with E-state index >= 15 is 0 Å². The number of carbonyl (C=O) groups excluding carboxylic acids is 1. The highest BCUT2D eigenvalue weighted by Gasteiger charge is 2.37. The number of carbonyl (C=O) groups is 2. The van der Waals surface area contributed by atoms with Crippen molar-refractivity contribution in [3.05, 3.63) is 41.0 Å². The zero-order valence-electron chi connectivity index (χ0n) is 11.1. The molecule has 0 unspecified atom stereocenters. The van der Waals surface area contributed by atoms with Crippen LogP contribution in [-0.4, -0.2) is 23.5 Å². The number of aliphatic carboxylic acids is 1. The van der Waals surface area contributed by atoms with E-state index in [9.17, 15) is 35.9 Å². The summed E-state index contributed by atoms with van der Waals surface area (Å²) in [6.07, 6.45) is -8.75. The first-order valence-corrected chi connectivity index (χ1v) is 5.87. The topological polar surface area (TPSA) is 66.4 Å². The van der Waals surface area contributed by atoms with Gasteiger partial charge in [-0.3, -0.25) is 9.59 Å². The Bertz CT molecular complexity index is 634. The highest BCUT2D eigenvalue weighted by atomic mass is 19.4. The van der Waals surface area contributed by atoms with Gasteiger partial charge in [0.2, 0.25) is 5.91 Å². The summed E-state index contributed by atoms with van der Waals surface area (Å²) in [4.78, 5) is 21.4. The van der Waals surface area contributed by atoms with Crippen LogP contribution in [0.4, 0.5) is 26.3 Å². The highest BCUT2D eigenvalue weighted by Crippen LogP contribution is 2.37. The highest BCUT2D eigenvalue weighted by molar-refractivity contribution is 5.93. The molecule has 126 valence electrons. The Labute approximate surface area is 125 Å². The number of halogens is 6. The molecule has 4 nitrogen and oxygen atoms in total. The minimum Gasteiger partial charge on any atom is -0.480 e. The molecule has 1 aromatic rings. The summed E-state index contributed by atoms with van der Waals surface area (Å²) in [6, 6.07) is 0.964. The SMILES string of the molecule is O=C(O)CNC(=O)/C=C\c1ccc(C(F)(F)F)cc1C(F)(F)F. The summed E-state index contributed by atoms with van der Waals surface area (Å²) >= 11 is 0. The molecule has 1 rings (SSSR count). The summed E-state index contributed by atoms with van der Waals surface area (Å²) in [5.41, 5.74) is -3.69. The Morgan fingerprint density at radius 3 is 2.17 bits per heavy atom. The fraction of sp³-hybridized carbons (Fsp3) is 0.231. The van der Waals surface area contributed by atoms with Crippen molar-refractivity contribution < 1.29 is 41.0 Å². The lowest BCUT2D eigenvalue weighted by atomic mass is 10.0. The fourth-order valence-corrected chi connectivity index (χ4v) is 1.51. The molecule has 0 aliphatic carbocycles. The average Bonchev–Trinajstić information content (AvgIpc) is 2.40. The third kappa shape index (κ3) is 5.64. The first-order chi connectivity index (χ1) is 10.4. The normalized spacial score (nSPS) is 12.4. The number of amides is 1. The molecule has 0 saturated heterocycles. The second-order valence-corrected chi connectivity index (χ2v) is 4.24. The summed E-state index contributed by atoms with van der Waals surface area (Å²) in [6.45, 7) is -0.748. The van der Waals surface area contributed by atoms with E-state index in [4.69, 9.17) is 5.11 Å². The van der Waals surface area contributed by atoms with Gasteiger partial charge in [-0.2, -0.15) is 26.3 Å². The van der Waals surface area contributed by atoms with E-state index in [-0.39, 0.29) is 6.07 Å². The lowest BCUT2D eigenvalue weighted by Crippen LogP contribution is -2.27. The van der Waals surface area contributed by atoms with E-state index in [0.717, 1.165) is 0 Å². The molecule has 0 aliphatic heterocycles. The molecule has 0 saturated carbocycles. The van der Waals surface area contributed by atoms with Crippen LogP contribution in [0, 0.1) is 0 Å². The van der Waals surface area contributed by atoms with Crippen LogP contribution in [0.15, 0.2) is 24.3 Å². The van der Waals surface area contributed by atoms with Crippen molar-refractivity contribution in [1.29, 1.82) is 0 Å². The number of alkyl halides is 6. The van der Waals surface area contributed by atoms with Gasteiger partial charge in [0.15, 0.2) is 0 Å². The molecule has 0 heterocycles. The number of hydrogen-bond acceptors (Lipinski definition) is 2. The van der Waals surface area contributed by atoms with E-state index in [1.807, 2.05) is 5.32 Å². The van der Waals surface area contributed by atoms with Crippen molar-refractivity contribution in [3.63, 3.8) is 0 Å². The molecule has 0 fully saturated rings. The van der Waals surface area contributed by atoms with Crippen LogP contribution >= 0.6 is 0 Å². The van der Waals surface area contributed by atoms with E-state index in [1.54, 1.807) is 0 Å². The van der Waals surface area contributed by atoms with Gasteiger partial charge in [-0.1, -0.05) is 6.07 Å². The molecular formula is C13H9F6NO3. The number of benzene rings is 1. The van der Waals surface area contributed by atoms with Crippen molar-refractivity contribution in [2.24, 2.45) is 0 Å². The summed E-state index contributed by atoms with van der Waals surface area (Å²) in [7, 11) is 0. The van der Waals surface area contributed by atoms with Gasteiger partial charge >= 0.3 is 18.3 Å². The Balaban J connectivity index is 3.11. The number of nitrogens with one attached hydrogen (secondary N) is 1. The minimum atomic E-state index is -5.06. The summed E-state index contributed by atoms with van der Waals surface area (Å²) in [5, 5.41) is 10.2. The van der Waals surface area contributed by atoms with Crippen LogP contribution in [0.5, 0.6) is 0 Å². The lowest BCUT2D eigenvalue weighted by molar-refractivity contribution is -0.143. The van der Waals surface area contributed by atoms with Gasteiger partial charge in [-0.25, -0.2) is 0 Å². The average molecular weight is 341 g/mol. The van der Waals surface area contributed by atoms with Crippen LogP contribution in [0.25, 0.3) is 6.08 Å². The van der Waals surface area contributed by atoms with Crippen molar-refractivity contribution >= 4 is 18.0 Å². The fourth-order valence-electron chi connectivity index (χ4n) is 1.51. The molecule has 0 atom stereocenters. The van der Waals surface area contributed by atoms with Crippen molar-refractivity contribution in [3.8, 4) is 0 Å². The molecule has 0 aromatic heterocycles. The summed E-state index contributed by atoms with van der Waals surface area (Å²) in [5.74, 6) is -2.36. The molecular weight excluding hydrogens is 332 g/mol. The van der Waals surface area contributed by atoms with E-state index in [0.29, 0.717) is 24.3 Å². The third-order valence-electron chi connectivity index (χ3n) is 2.51. The molecule has 23 heavy (non-hydrogen) atoms. The van der Waals surface area contributed by atoms with Crippen LogP contribution in [-0.2, 0) is 21.9 Å². The number of rotatable bonds is 4. The largest absolute Gasteiger partial charge is 0.480 e. The summed E-state index contributed by atoms with van der Waals surface area (Å²) < 4.78 is 75.9. The quantitative estimate of drug-likeness (QED) is 0.654. The van der Waals surface area contributed by atoms with Crippen LogP contribution in [0.2, 0.25) is 0 Å². The number of carboxylic acid groups (broad SMARTS) is 1. The second-order valence-electron chi connectivity index (χ2n) is 4.24. The van der Waals surface area contributed by atoms with E-state index in [2.05, 4.69) is 0 Å².